The van der Waals surface area contributed by atoms with Gasteiger partial charge in [-0.25, -0.2) is 0 Å². The van der Waals surface area contributed by atoms with E-state index in [0.29, 0.717) is 5.56 Å². The number of phenols is 2. The molecule has 2 heteroatoms. The molecule has 0 aliphatic rings. The Morgan fingerprint density at radius 1 is 0.850 bits per heavy atom. The third-order valence-electron chi connectivity index (χ3n) is 3.84. The Kier molecular flexibility index (Phi) is 4.33. The average Bonchev–Trinajstić information content (AvgIpc) is 2.45. The van der Waals surface area contributed by atoms with Crippen LogP contribution in [0.4, 0.5) is 0 Å². The lowest BCUT2D eigenvalue weighted by molar-refractivity contribution is 0.453. The summed E-state index contributed by atoms with van der Waals surface area (Å²) in [6.07, 6.45) is 2.62. The topological polar surface area (TPSA) is 40.5 Å². The smallest absolute Gasteiger partial charge is 0.127 e. The van der Waals surface area contributed by atoms with Crippen molar-refractivity contribution in [3.05, 3.63) is 47.0 Å². The summed E-state index contributed by atoms with van der Waals surface area (Å²) in [7, 11) is 0. The zero-order chi connectivity index (χ0) is 14.7. The van der Waals surface area contributed by atoms with E-state index in [1.807, 2.05) is 19.1 Å². The van der Waals surface area contributed by atoms with E-state index in [2.05, 4.69) is 19.9 Å². The number of hydrogen-bond acceptors (Lipinski definition) is 2. The third-order valence-corrected chi connectivity index (χ3v) is 3.84. The van der Waals surface area contributed by atoms with E-state index in [4.69, 9.17) is 0 Å². The molecule has 0 saturated carbocycles. The highest BCUT2D eigenvalue weighted by Crippen LogP contribution is 2.41. The molecule has 0 bridgehead atoms. The van der Waals surface area contributed by atoms with Crippen molar-refractivity contribution in [2.75, 3.05) is 0 Å². The first-order valence-electron chi connectivity index (χ1n) is 7.28. The number of phenolic OH excluding ortho intramolecular Hbond substituents is 2. The van der Waals surface area contributed by atoms with Crippen molar-refractivity contribution in [3.8, 4) is 22.6 Å². The lowest BCUT2D eigenvalue weighted by Crippen LogP contribution is -1.96. The molecule has 2 aromatic rings. The van der Waals surface area contributed by atoms with E-state index in [1.54, 1.807) is 12.1 Å². The van der Waals surface area contributed by atoms with E-state index in [0.717, 1.165) is 30.4 Å². The fraction of sp³-hybridized carbons (Fsp3) is 0.333. The van der Waals surface area contributed by atoms with Gasteiger partial charge in [-0.3, -0.25) is 0 Å². The molecule has 2 N–H and O–H groups in total. The van der Waals surface area contributed by atoms with Crippen molar-refractivity contribution < 1.29 is 10.2 Å². The van der Waals surface area contributed by atoms with Gasteiger partial charge in [0.15, 0.2) is 0 Å². The molecular weight excluding hydrogens is 248 g/mol. The van der Waals surface area contributed by atoms with Crippen molar-refractivity contribution in [1.29, 1.82) is 0 Å². The standard InChI is InChI=1S/C18H22O2/c1-4-12-10-16(19)18(17(20)11-12)15-9-7-8-13(5-2)14(15)6-3/h7-11,19-20H,4-6H2,1-3H3. The summed E-state index contributed by atoms with van der Waals surface area (Å²) < 4.78 is 0. The van der Waals surface area contributed by atoms with Crippen LogP contribution in [-0.4, -0.2) is 10.2 Å². The van der Waals surface area contributed by atoms with Crippen molar-refractivity contribution in [1.82, 2.24) is 0 Å². The lowest BCUT2D eigenvalue weighted by atomic mass is 9.91. The molecule has 0 unspecified atom stereocenters. The summed E-state index contributed by atoms with van der Waals surface area (Å²) >= 11 is 0. The summed E-state index contributed by atoms with van der Waals surface area (Å²) in [4.78, 5) is 0. The minimum atomic E-state index is 0.157. The second-order valence-electron chi connectivity index (χ2n) is 5.01. The Morgan fingerprint density at radius 3 is 2.00 bits per heavy atom. The highest BCUT2D eigenvalue weighted by molar-refractivity contribution is 5.80. The van der Waals surface area contributed by atoms with Crippen LogP contribution in [-0.2, 0) is 19.3 Å². The largest absolute Gasteiger partial charge is 0.507 e. The Balaban J connectivity index is 2.69. The van der Waals surface area contributed by atoms with Gasteiger partial charge in [0.1, 0.15) is 11.5 Å². The van der Waals surface area contributed by atoms with Gasteiger partial charge in [-0.05, 0) is 53.6 Å². The molecule has 106 valence electrons. The van der Waals surface area contributed by atoms with Gasteiger partial charge >= 0.3 is 0 Å². The number of rotatable bonds is 4. The predicted molar refractivity (Wildman–Crippen MR) is 83.3 cm³/mol. The summed E-state index contributed by atoms with van der Waals surface area (Å²) in [5, 5.41) is 20.6. The van der Waals surface area contributed by atoms with Crippen LogP contribution < -0.4 is 0 Å². The van der Waals surface area contributed by atoms with Gasteiger partial charge in [-0.2, -0.15) is 0 Å². The highest BCUT2D eigenvalue weighted by Gasteiger charge is 2.16. The van der Waals surface area contributed by atoms with Gasteiger partial charge in [0.05, 0.1) is 5.56 Å². The fourth-order valence-corrected chi connectivity index (χ4v) is 2.77. The van der Waals surface area contributed by atoms with Crippen LogP contribution in [0.5, 0.6) is 11.5 Å². The van der Waals surface area contributed by atoms with Crippen molar-refractivity contribution in [2.24, 2.45) is 0 Å². The number of aryl methyl sites for hydroxylation is 2. The second kappa shape index (κ2) is 6.00. The molecule has 0 spiro atoms. The van der Waals surface area contributed by atoms with Gasteiger partial charge in [0, 0.05) is 0 Å². The Hall–Kier alpha value is -1.96. The average molecular weight is 270 g/mol. The maximum absolute atomic E-state index is 10.3. The zero-order valence-electron chi connectivity index (χ0n) is 12.4. The molecule has 0 aliphatic carbocycles. The molecule has 0 atom stereocenters. The predicted octanol–water partition coefficient (Wildman–Crippen LogP) is 4.45. The molecule has 2 rings (SSSR count). The van der Waals surface area contributed by atoms with Crippen molar-refractivity contribution >= 4 is 0 Å². The van der Waals surface area contributed by atoms with Crippen LogP contribution in [0.2, 0.25) is 0 Å². The Labute approximate surface area is 120 Å². The zero-order valence-corrected chi connectivity index (χ0v) is 12.4. The van der Waals surface area contributed by atoms with E-state index >= 15 is 0 Å². The van der Waals surface area contributed by atoms with Crippen molar-refractivity contribution in [2.45, 2.75) is 40.0 Å². The third kappa shape index (κ3) is 2.51. The molecule has 0 heterocycles. The molecule has 20 heavy (non-hydrogen) atoms. The molecular formula is C18H22O2. The maximum atomic E-state index is 10.3. The van der Waals surface area contributed by atoms with Crippen LogP contribution in [0.1, 0.15) is 37.5 Å². The summed E-state index contributed by atoms with van der Waals surface area (Å²) in [5.74, 6) is 0.314. The van der Waals surface area contributed by atoms with Gasteiger partial charge in [-0.1, -0.05) is 39.0 Å². The fourth-order valence-electron chi connectivity index (χ4n) is 2.77. The van der Waals surface area contributed by atoms with Crippen LogP contribution >= 0.6 is 0 Å². The van der Waals surface area contributed by atoms with Gasteiger partial charge in [0.25, 0.3) is 0 Å². The van der Waals surface area contributed by atoms with E-state index in [1.165, 1.54) is 11.1 Å². The Bertz CT molecular complexity index is 592. The minimum absolute atomic E-state index is 0.157. The molecule has 0 radical (unpaired) electrons. The van der Waals surface area contributed by atoms with E-state index in [-0.39, 0.29) is 11.5 Å². The molecule has 2 nitrogen and oxygen atoms in total. The maximum Gasteiger partial charge on any atom is 0.127 e. The van der Waals surface area contributed by atoms with E-state index in [9.17, 15) is 10.2 Å². The first kappa shape index (κ1) is 14.4. The summed E-state index contributed by atoms with van der Waals surface area (Å²) in [6.45, 7) is 6.23. The SMILES string of the molecule is CCc1cc(O)c(-c2cccc(CC)c2CC)c(O)c1. The van der Waals surface area contributed by atoms with Crippen molar-refractivity contribution in [3.63, 3.8) is 0 Å². The first-order valence-corrected chi connectivity index (χ1v) is 7.28. The summed E-state index contributed by atoms with van der Waals surface area (Å²) in [6, 6.07) is 9.55. The quantitative estimate of drug-likeness (QED) is 0.861. The second-order valence-corrected chi connectivity index (χ2v) is 5.01. The first-order chi connectivity index (χ1) is 9.62. The van der Waals surface area contributed by atoms with Gasteiger partial charge < -0.3 is 10.2 Å². The summed E-state index contributed by atoms with van der Waals surface area (Å²) in [5.41, 5.74) is 4.89. The number of aromatic hydroxyl groups is 2. The van der Waals surface area contributed by atoms with Crippen LogP contribution in [0, 0.1) is 0 Å². The van der Waals surface area contributed by atoms with Crippen LogP contribution in [0.25, 0.3) is 11.1 Å². The van der Waals surface area contributed by atoms with Crippen LogP contribution in [0.3, 0.4) is 0 Å². The van der Waals surface area contributed by atoms with E-state index < -0.39 is 0 Å². The Morgan fingerprint density at radius 2 is 1.50 bits per heavy atom. The molecule has 0 saturated heterocycles. The molecule has 0 aromatic heterocycles. The molecule has 2 aromatic carbocycles. The molecule has 0 aliphatic heterocycles. The highest BCUT2D eigenvalue weighted by atomic mass is 16.3. The number of benzene rings is 2. The van der Waals surface area contributed by atoms with Gasteiger partial charge in [-0.15, -0.1) is 0 Å². The number of hydrogen-bond donors (Lipinski definition) is 2. The minimum Gasteiger partial charge on any atom is -0.507 e. The lowest BCUT2D eigenvalue weighted by Gasteiger charge is -2.16. The van der Waals surface area contributed by atoms with Gasteiger partial charge in [0.2, 0.25) is 0 Å². The molecule has 0 fully saturated rings. The monoisotopic (exact) mass is 270 g/mol. The van der Waals surface area contributed by atoms with Crippen LogP contribution in [0.15, 0.2) is 30.3 Å². The normalized spacial score (nSPS) is 10.8. The molecule has 0 amide bonds.